The first kappa shape index (κ1) is 17.3. The van der Waals surface area contributed by atoms with Crippen LogP contribution in [0.5, 0.6) is 0 Å². The van der Waals surface area contributed by atoms with Gasteiger partial charge in [-0.25, -0.2) is 8.42 Å². The highest BCUT2D eigenvalue weighted by Crippen LogP contribution is 2.26. The van der Waals surface area contributed by atoms with Gasteiger partial charge < -0.3 is 4.90 Å². The molecule has 2 atom stereocenters. The summed E-state index contributed by atoms with van der Waals surface area (Å²) < 4.78 is 24.1. The normalized spacial score (nSPS) is 27.8. The van der Waals surface area contributed by atoms with Crippen LogP contribution >= 0.6 is 0 Å². The van der Waals surface area contributed by atoms with E-state index in [0.717, 1.165) is 13.0 Å². The van der Waals surface area contributed by atoms with Gasteiger partial charge in [0, 0.05) is 45.7 Å². The summed E-state index contributed by atoms with van der Waals surface area (Å²) >= 11 is 0. The molecule has 0 aromatic heterocycles. The zero-order chi connectivity index (χ0) is 16.3. The van der Waals surface area contributed by atoms with E-state index in [4.69, 9.17) is 0 Å². The first-order valence-electron chi connectivity index (χ1n) is 7.68. The monoisotopic (exact) mass is 327 g/mol. The van der Waals surface area contributed by atoms with Crippen LogP contribution in [0.2, 0.25) is 0 Å². The van der Waals surface area contributed by atoms with Crippen LogP contribution in [0.15, 0.2) is 0 Å². The molecule has 7 heteroatoms. The highest BCUT2D eigenvalue weighted by molar-refractivity contribution is 7.91. The third-order valence-electron chi connectivity index (χ3n) is 4.33. The topological polar surface area (TPSA) is 60.9 Å². The molecule has 0 saturated carbocycles. The molecule has 2 rings (SSSR count). The van der Waals surface area contributed by atoms with Crippen LogP contribution in [0.25, 0.3) is 0 Å². The lowest BCUT2D eigenvalue weighted by Crippen LogP contribution is -2.60. The summed E-state index contributed by atoms with van der Waals surface area (Å²) in [5.74, 6) is 6.49. The van der Waals surface area contributed by atoms with E-state index in [1.807, 2.05) is 11.8 Å². The smallest absolute Gasteiger partial charge is 0.236 e. The summed E-state index contributed by atoms with van der Waals surface area (Å²) in [5.41, 5.74) is 0. The summed E-state index contributed by atoms with van der Waals surface area (Å²) in [6, 6.07) is -0.133. The Labute approximate surface area is 133 Å². The van der Waals surface area contributed by atoms with Gasteiger partial charge in [0.05, 0.1) is 24.6 Å². The Morgan fingerprint density at radius 1 is 1.14 bits per heavy atom. The van der Waals surface area contributed by atoms with Gasteiger partial charge in [-0.2, -0.15) is 0 Å². The average molecular weight is 327 g/mol. The van der Waals surface area contributed by atoms with E-state index in [1.54, 1.807) is 19.0 Å². The van der Waals surface area contributed by atoms with Crippen LogP contribution in [-0.2, 0) is 14.6 Å². The van der Waals surface area contributed by atoms with Crippen molar-refractivity contribution >= 4 is 15.7 Å². The molecule has 1 amide bonds. The van der Waals surface area contributed by atoms with Gasteiger partial charge in [-0.1, -0.05) is 12.8 Å². The second-order valence-corrected chi connectivity index (χ2v) is 8.30. The minimum Gasteiger partial charge on any atom is -0.348 e. The van der Waals surface area contributed by atoms with Crippen LogP contribution < -0.4 is 0 Å². The van der Waals surface area contributed by atoms with Gasteiger partial charge in [0.25, 0.3) is 0 Å². The van der Waals surface area contributed by atoms with E-state index in [9.17, 15) is 13.2 Å². The number of carbonyl (C=O) groups excluding carboxylic acids is 1. The minimum atomic E-state index is -3.04. The fourth-order valence-corrected chi connectivity index (χ4v) is 5.13. The van der Waals surface area contributed by atoms with Crippen molar-refractivity contribution in [1.82, 2.24) is 14.7 Å². The molecule has 0 aromatic rings. The lowest BCUT2D eigenvalue weighted by Gasteiger charge is -2.43. The molecule has 2 aliphatic rings. The highest BCUT2D eigenvalue weighted by Gasteiger charge is 2.46. The quantitative estimate of drug-likeness (QED) is 0.640. The van der Waals surface area contributed by atoms with Crippen molar-refractivity contribution in [2.24, 2.45) is 0 Å². The Morgan fingerprint density at radius 3 is 2.32 bits per heavy atom. The number of nitrogens with zero attached hydrogens (tertiary/aromatic N) is 3. The molecular weight excluding hydrogens is 302 g/mol. The predicted molar refractivity (Wildman–Crippen MR) is 86.1 cm³/mol. The Bertz CT molecular complexity index is 577. The highest BCUT2D eigenvalue weighted by atomic mass is 32.2. The molecular formula is C15H25N3O3S. The molecule has 0 bridgehead atoms. The Morgan fingerprint density at radius 2 is 1.73 bits per heavy atom. The van der Waals surface area contributed by atoms with Gasteiger partial charge in [-0.05, 0) is 0 Å². The largest absolute Gasteiger partial charge is 0.348 e. The van der Waals surface area contributed by atoms with Crippen molar-refractivity contribution in [2.45, 2.75) is 25.4 Å². The molecule has 0 N–H and O–H groups in total. The van der Waals surface area contributed by atoms with Crippen molar-refractivity contribution in [3.8, 4) is 11.8 Å². The summed E-state index contributed by atoms with van der Waals surface area (Å²) in [6.07, 6.45) is 0.809. The first-order valence-corrected chi connectivity index (χ1v) is 9.50. The van der Waals surface area contributed by atoms with Crippen LogP contribution in [0.3, 0.4) is 0 Å². The van der Waals surface area contributed by atoms with E-state index in [2.05, 4.69) is 16.7 Å². The van der Waals surface area contributed by atoms with Crippen molar-refractivity contribution in [3.63, 3.8) is 0 Å². The zero-order valence-corrected chi connectivity index (χ0v) is 14.4. The number of hydrogen-bond acceptors (Lipinski definition) is 5. The zero-order valence-electron chi connectivity index (χ0n) is 13.6. The van der Waals surface area contributed by atoms with Gasteiger partial charge in [0.2, 0.25) is 5.91 Å². The molecule has 0 spiro atoms. The maximum Gasteiger partial charge on any atom is 0.236 e. The van der Waals surface area contributed by atoms with E-state index >= 15 is 0 Å². The number of amides is 1. The predicted octanol–water partition coefficient (Wildman–Crippen LogP) is -0.729. The van der Waals surface area contributed by atoms with E-state index in [-0.39, 0.29) is 36.0 Å². The Balaban J connectivity index is 2.11. The molecule has 6 nitrogen and oxygen atoms in total. The fourth-order valence-electron chi connectivity index (χ4n) is 3.09. The number of fused-ring (bicyclic) bond motifs is 1. The molecule has 2 saturated heterocycles. The van der Waals surface area contributed by atoms with Crippen molar-refractivity contribution in [3.05, 3.63) is 0 Å². The average Bonchev–Trinajstić information content (AvgIpc) is 2.76. The van der Waals surface area contributed by atoms with E-state index in [1.165, 1.54) is 0 Å². The van der Waals surface area contributed by atoms with Crippen LogP contribution in [-0.4, -0.2) is 92.9 Å². The van der Waals surface area contributed by atoms with Gasteiger partial charge in [0.15, 0.2) is 9.84 Å². The second-order valence-electron chi connectivity index (χ2n) is 6.15. The number of sulfone groups is 1. The Kier molecular flexibility index (Phi) is 5.48. The molecule has 0 aromatic carbocycles. The summed E-state index contributed by atoms with van der Waals surface area (Å²) in [7, 11) is 0.410. The number of carbonyl (C=O) groups is 1. The Hall–Kier alpha value is -1.10. The van der Waals surface area contributed by atoms with Gasteiger partial charge in [0.1, 0.15) is 0 Å². The maximum atomic E-state index is 12.1. The third-order valence-corrected chi connectivity index (χ3v) is 6.03. The van der Waals surface area contributed by atoms with Crippen molar-refractivity contribution < 1.29 is 13.2 Å². The SMILES string of the molecule is CCC#CCN1CCN(CC(=O)N(C)C)[C@@H]2CS(=O)(=O)C[C@@H]21. The third kappa shape index (κ3) is 4.00. The lowest BCUT2D eigenvalue weighted by atomic mass is 10.0. The van der Waals surface area contributed by atoms with Gasteiger partial charge in [-0.15, -0.1) is 5.92 Å². The number of rotatable bonds is 3. The first-order chi connectivity index (χ1) is 10.3. The van der Waals surface area contributed by atoms with Gasteiger partial charge in [-0.3, -0.25) is 14.6 Å². The molecule has 22 heavy (non-hydrogen) atoms. The summed E-state index contributed by atoms with van der Waals surface area (Å²) in [5, 5.41) is 0. The molecule has 0 aliphatic carbocycles. The fraction of sp³-hybridized carbons (Fsp3) is 0.800. The van der Waals surface area contributed by atoms with E-state index in [0.29, 0.717) is 13.1 Å². The molecule has 0 radical (unpaired) electrons. The molecule has 124 valence electrons. The summed E-state index contributed by atoms with van der Waals surface area (Å²) in [6.45, 7) is 4.37. The van der Waals surface area contributed by atoms with Crippen LogP contribution in [0.1, 0.15) is 13.3 Å². The molecule has 2 heterocycles. The second kappa shape index (κ2) is 6.99. The van der Waals surface area contributed by atoms with Crippen molar-refractivity contribution in [1.29, 1.82) is 0 Å². The van der Waals surface area contributed by atoms with Crippen molar-refractivity contribution in [2.75, 3.05) is 51.8 Å². The lowest BCUT2D eigenvalue weighted by molar-refractivity contribution is -0.131. The standard InChI is InChI=1S/C15H25N3O3S/c1-4-5-6-7-17-8-9-18(10-15(19)16(2)3)14-12-22(20,21)11-13(14)17/h13-14H,4,7-12H2,1-3H3/t13-,14+/m0/s1. The number of piperazine rings is 1. The number of hydrogen-bond donors (Lipinski definition) is 0. The minimum absolute atomic E-state index is 0.0160. The number of likely N-dealkylation sites (N-methyl/N-ethyl adjacent to an activating group) is 1. The molecule has 2 fully saturated rings. The maximum absolute atomic E-state index is 12.1. The molecule has 2 aliphatic heterocycles. The summed E-state index contributed by atoms with van der Waals surface area (Å²) in [4.78, 5) is 17.7. The molecule has 0 unspecified atom stereocenters. The van der Waals surface area contributed by atoms with Crippen LogP contribution in [0.4, 0.5) is 0 Å². The van der Waals surface area contributed by atoms with Crippen LogP contribution in [0, 0.1) is 11.8 Å². The van der Waals surface area contributed by atoms with Gasteiger partial charge >= 0.3 is 0 Å². The van der Waals surface area contributed by atoms with E-state index < -0.39 is 9.84 Å².